The fraction of sp³-hybridized carbons (Fsp3) is 0.200. The van der Waals surface area contributed by atoms with Gasteiger partial charge in [0.25, 0.3) is 5.91 Å². The van der Waals surface area contributed by atoms with Crippen LogP contribution in [0.25, 0.3) is 6.08 Å². The minimum Gasteiger partial charge on any atom is -0.490 e. The lowest BCUT2D eigenvalue weighted by Gasteiger charge is -2.14. The molecule has 27 heavy (non-hydrogen) atoms. The Hall–Kier alpha value is -3.40. The fourth-order valence-corrected chi connectivity index (χ4v) is 2.31. The number of carbonyl (C=O) groups is 1. The standard InChI is InChI=1S/C20H18F2N2O3/c1-2-26-17-10-6-9-15(18(17)27-20(21)22)11-16(12-23)19(25)24-13-14-7-4-3-5-8-14/h3-11,20H,2,13H2,1H3,(H,24,25)/b16-11+. The Balaban J connectivity index is 2.26. The van der Waals surface area contributed by atoms with Crippen molar-refractivity contribution in [3.63, 3.8) is 0 Å². The summed E-state index contributed by atoms with van der Waals surface area (Å²) in [5.41, 5.74) is 0.773. The van der Waals surface area contributed by atoms with Crippen molar-refractivity contribution in [1.29, 1.82) is 5.26 Å². The molecule has 0 atom stereocenters. The summed E-state index contributed by atoms with van der Waals surface area (Å²) in [6.07, 6.45) is 1.19. The van der Waals surface area contributed by atoms with E-state index in [9.17, 15) is 18.8 Å². The number of hydrogen-bond donors (Lipinski definition) is 1. The minimum absolute atomic E-state index is 0.105. The first-order chi connectivity index (χ1) is 13.0. The highest BCUT2D eigenvalue weighted by molar-refractivity contribution is 6.02. The van der Waals surface area contributed by atoms with Crippen LogP contribution in [0.3, 0.4) is 0 Å². The Kier molecular flexibility index (Phi) is 7.32. The average Bonchev–Trinajstić information content (AvgIpc) is 2.67. The SMILES string of the molecule is CCOc1cccc(/C=C(\C#N)C(=O)NCc2ccccc2)c1OC(F)F. The first-order valence-corrected chi connectivity index (χ1v) is 8.19. The van der Waals surface area contributed by atoms with Gasteiger partial charge in [-0.05, 0) is 24.6 Å². The monoisotopic (exact) mass is 372 g/mol. The summed E-state index contributed by atoms with van der Waals surface area (Å²) in [6.45, 7) is -0.893. The zero-order chi connectivity index (χ0) is 19.6. The number of amides is 1. The van der Waals surface area contributed by atoms with Gasteiger partial charge in [-0.2, -0.15) is 14.0 Å². The molecule has 0 heterocycles. The summed E-state index contributed by atoms with van der Waals surface area (Å²) in [6, 6.07) is 15.4. The second kappa shape index (κ2) is 9.92. The van der Waals surface area contributed by atoms with Crippen LogP contribution < -0.4 is 14.8 Å². The summed E-state index contributed by atoms with van der Waals surface area (Å²) in [7, 11) is 0. The van der Waals surface area contributed by atoms with Gasteiger partial charge in [0, 0.05) is 12.1 Å². The topological polar surface area (TPSA) is 71.3 Å². The van der Waals surface area contributed by atoms with Crippen molar-refractivity contribution in [1.82, 2.24) is 5.32 Å². The maximum absolute atomic E-state index is 12.8. The molecule has 2 rings (SSSR count). The second-order valence-electron chi connectivity index (χ2n) is 5.32. The van der Waals surface area contributed by atoms with Gasteiger partial charge in [0.05, 0.1) is 6.61 Å². The van der Waals surface area contributed by atoms with Crippen molar-refractivity contribution >= 4 is 12.0 Å². The molecule has 0 saturated heterocycles. The molecule has 0 unspecified atom stereocenters. The summed E-state index contributed by atoms with van der Waals surface area (Å²) >= 11 is 0. The van der Waals surface area contributed by atoms with E-state index in [4.69, 9.17) is 4.74 Å². The Morgan fingerprint density at radius 3 is 2.59 bits per heavy atom. The lowest BCUT2D eigenvalue weighted by Crippen LogP contribution is -2.23. The molecule has 1 amide bonds. The number of benzene rings is 2. The third-order valence-electron chi connectivity index (χ3n) is 3.48. The van der Waals surface area contributed by atoms with Gasteiger partial charge in [-0.15, -0.1) is 0 Å². The number of halogens is 2. The van der Waals surface area contributed by atoms with E-state index in [1.165, 1.54) is 18.2 Å². The highest BCUT2D eigenvalue weighted by Crippen LogP contribution is 2.34. The number of alkyl halides is 2. The van der Waals surface area contributed by atoms with E-state index >= 15 is 0 Å². The van der Waals surface area contributed by atoms with E-state index in [0.717, 1.165) is 5.56 Å². The molecule has 0 saturated carbocycles. The molecule has 2 aromatic carbocycles. The van der Waals surface area contributed by atoms with Gasteiger partial charge in [0.15, 0.2) is 11.5 Å². The lowest BCUT2D eigenvalue weighted by atomic mass is 10.1. The number of ether oxygens (including phenoxy) is 2. The fourth-order valence-electron chi connectivity index (χ4n) is 2.31. The molecule has 1 N–H and O–H groups in total. The van der Waals surface area contributed by atoms with Crippen LogP contribution in [0.2, 0.25) is 0 Å². The van der Waals surface area contributed by atoms with E-state index in [1.807, 2.05) is 30.3 Å². The van der Waals surface area contributed by atoms with E-state index < -0.39 is 12.5 Å². The molecule has 0 bridgehead atoms. The molecule has 0 aliphatic carbocycles. The van der Waals surface area contributed by atoms with Crippen LogP contribution in [0.1, 0.15) is 18.1 Å². The Morgan fingerprint density at radius 1 is 1.22 bits per heavy atom. The van der Waals surface area contributed by atoms with Gasteiger partial charge in [-0.25, -0.2) is 0 Å². The Morgan fingerprint density at radius 2 is 1.96 bits per heavy atom. The molecule has 0 fully saturated rings. The zero-order valence-corrected chi connectivity index (χ0v) is 14.6. The molecule has 0 aliphatic heterocycles. The minimum atomic E-state index is -3.07. The molecule has 140 valence electrons. The summed E-state index contributed by atoms with van der Waals surface area (Å²) < 4.78 is 35.4. The first-order valence-electron chi connectivity index (χ1n) is 8.19. The van der Waals surface area contributed by atoms with E-state index in [0.29, 0.717) is 0 Å². The van der Waals surface area contributed by atoms with Crippen molar-refractivity contribution < 1.29 is 23.0 Å². The number of carbonyl (C=O) groups excluding carboxylic acids is 1. The van der Waals surface area contributed by atoms with Crippen molar-refractivity contribution in [3.05, 3.63) is 65.2 Å². The van der Waals surface area contributed by atoms with Crippen LogP contribution in [-0.4, -0.2) is 19.1 Å². The molecule has 0 radical (unpaired) electrons. The predicted octanol–water partition coefficient (Wildman–Crippen LogP) is 3.91. The first kappa shape index (κ1) is 19.9. The quantitative estimate of drug-likeness (QED) is 0.563. The third-order valence-corrected chi connectivity index (χ3v) is 3.48. The lowest BCUT2D eigenvalue weighted by molar-refractivity contribution is -0.117. The molecular formula is C20H18F2N2O3. The van der Waals surface area contributed by atoms with Crippen LogP contribution in [0, 0.1) is 11.3 Å². The number of nitrogens with one attached hydrogen (secondary N) is 1. The number of para-hydroxylation sites is 1. The van der Waals surface area contributed by atoms with Crippen LogP contribution in [0.15, 0.2) is 54.1 Å². The summed E-state index contributed by atoms with van der Waals surface area (Å²) in [4.78, 5) is 12.3. The summed E-state index contributed by atoms with van der Waals surface area (Å²) in [5.74, 6) is -0.738. The van der Waals surface area contributed by atoms with Crippen LogP contribution in [0.4, 0.5) is 8.78 Å². The highest BCUT2D eigenvalue weighted by atomic mass is 19.3. The van der Waals surface area contributed by atoms with Crippen molar-refractivity contribution in [2.45, 2.75) is 20.1 Å². The van der Waals surface area contributed by atoms with Gasteiger partial charge < -0.3 is 14.8 Å². The number of nitrogens with zero attached hydrogens (tertiary/aromatic N) is 1. The van der Waals surface area contributed by atoms with Gasteiger partial charge in [0.2, 0.25) is 0 Å². The van der Waals surface area contributed by atoms with Crippen LogP contribution in [-0.2, 0) is 11.3 Å². The van der Waals surface area contributed by atoms with Crippen molar-refractivity contribution in [2.24, 2.45) is 0 Å². The molecule has 0 spiro atoms. The average molecular weight is 372 g/mol. The number of hydrogen-bond acceptors (Lipinski definition) is 4. The number of nitriles is 1. The van der Waals surface area contributed by atoms with Crippen molar-refractivity contribution in [3.8, 4) is 17.6 Å². The predicted molar refractivity (Wildman–Crippen MR) is 96.1 cm³/mol. The second-order valence-corrected chi connectivity index (χ2v) is 5.32. The Bertz CT molecular complexity index is 846. The summed E-state index contributed by atoms with van der Waals surface area (Å²) in [5, 5.41) is 11.9. The number of rotatable bonds is 8. The maximum atomic E-state index is 12.8. The smallest absolute Gasteiger partial charge is 0.387 e. The van der Waals surface area contributed by atoms with Gasteiger partial charge in [0.1, 0.15) is 11.6 Å². The van der Waals surface area contributed by atoms with Gasteiger partial charge in [-0.3, -0.25) is 4.79 Å². The molecule has 2 aromatic rings. The normalized spacial score (nSPS) is 11.0. The van der Waals surface area contributed by atoms with E-state index in [-0.39, 0.29) is 35.8 Å². The molecule has 7 heteroatoms. The Labute approximate surface area is 155 Å². The largest absolute Gasteiger partial charge is 0.490 e. The molecular weight excluding hydrogens is 354 g/mol. The van der Waals surface area contributed by atoms with Crippen molar-refractivity contribution in [2.75, 3.05) is 6.61 Å². The molecule has 0 aromatic heterocycles. The van der Waals surface area contributed by atoms with E-state index in [2.05, 4.69) is 10.1 Å². The van der Waals surface area contributed by atoms with Gasteiger partial charge in [-0.1, -0.05) is 42.5 Å². The van der Waals surface area contributed by atoms with Gasteiger partial charge >= 0.3 is 6.61 Å². The zero-order valence-electron chi connectivity index (χ0n) is 14.6. The molecule has 5 nitrogen and oxygen atoms in total. The molecule has 0 aliphatic rings. The highest BCUT2D eigenvalue weighted by Gasteiger charge is 2.17. The van der Waals surface area contributed by atoms with Crippen LogP contribution in [0.5, 0.6) is 11.5 Å². The van der Waals surface area contributed by atoms with Crippen LogP contribution >= 0.6 is 0 Å². The third kappa shape index (κ3) is 5.82. The maximum Gasteiger partial charge on any atom is 0.387 e. The van der Waals surface area contributed by atoms with E-state index in [1.54, 1.807) is 19.1 Å².